The molecule has 1 nitrogen and oxygen atoms in total. The Kier molecular flexibility index (Phi) is 3.69. The van der Waals surface area contributed by atoms with Gasteiger partial charge >= 0.3 is 0 Å². The zero-order valence-electron chi connectivity index (χ0n) is 10.7. The van der Waals surface area contributed by atoms with Crippen molar-refractivity contribution in [2.24, 2.45) is 0 Å². The van der Waals surface area contributed by atoms with Gasteiger partial charge in [-0.25, -0.2) is 0 Å². The fraction of sp³-hybridized carbons (Fsp3) is 0.571. The second-order valence-electron chi connectivity index (χ2n) is 5.03. The van der Waals surface area contributed by atoms with Crippen LogP contribution < -0.4 is 5.32 Å². The summed E-state index contributed by atoms with van der Waals surface area (Å²) in [6.45, 7) is 8.19. The molecule has 16 heavy (non-hydrogen) atoms. The van der Waals surface area contributed by atoms with Gasteiger partial charge in [-0.05, 0) is 30.0 Å². The Hall–Kier alpha value is -0.763. The zero-order chi connectivity index (χ0) is 11.5. The molecule has 1 aliphatic rings. The fourth-order valence-corrected chi connectivity index (χ4v) is 5.98. The zero-order valence-corrected chi connectivity index (χ0v) is 11.9. The average Bonchev–Trinajstić information content (AvgIpc) is 2.31. The average molecular weight is 233 g/mol. The van der Waals surface area contributed by atoms with Gasteiger partial charge in [-0.2, -0.15) is 0 Å². The third-order valence-electron chi connectivity index (χ3n) is 4.10. The molecule has 88 valence electrons. The van der Waals surface area contributed by atoms with Crippen LogP contribution in [0.1, 0.15) is 25.0 Å². The van der Waals surface area contributed by atoms with Crippen molar-refractivity contribution in [1.82, 2.24) is 0 Å². The van der Waals surface area contributed by atoms with Crippen molar-refractivity contribution in [2.45, 2.75) is 44.8 Å². The van der Waals surface area contributed by atoms with Gasteiger partial charge in [0.1, 0.15) is 0 Å². The highest BCUT2D eigenvalue weighted by Crippen LogP contribution is 2.33. The Morgan fingerprint density at radius 3 is 2.75 bits per heavy atom. The lowest BCUT2D eigenvalue weighted by Gasteiger charge is -2.31. The first kappa shape index (κ1) is 11.7. The quantitative estimate of drug-likeness (QED) is 0.787. The first-order chi connectivity index (χ1) is 7.76. The van der Waals surface area contributed by atoms with E-state index in [2.05, 4.69) is 44.3 Å². The summed E-state index contributed by atoms with van der Waals surface area (Å²) < 4.78 is 0. The van der Waals surface area contributed by atoms with Gasteiger partial charge in [-0.1, -0.05) is 44.1 Å². The summed E-state index contributed by atoms with van der Waals surface area (Å²) in [5.41, 5.74) is 5.33. The van der Waals surface area contributed by atoms with Crippen molar-refractivity contribution in [3.63, 3.8) is 0 Å². The van der Waals surface area contributed by atoms with Gasteiger partial charge in [0.15, 0.2) is 0 Å². The highest BCUT2D eigenvalue weighted by atomic mass is 28.3. The maximum absolute atomic E-state index is 3.66. The minimum atomic E-state index is -0.510. The first-order valence-electron chi connectivity index (χ1n) is 6.58. The van der Waals surface area contributed by atoms with Crippen molar-refractivity contribution in [3.05, 3.63) is 29.3 Å². The molecule has 0 saturated carbocycles. The molecule has 2 heteroatoms. The molecule has 1 aromatic rings. The summed E-state index contributed by atoms with van der Waals surface area (Å²) in [5.74, 6) is 0. The molecule has 0 spiro atoms. The summed E-state index contributed by atoms with van der Waals surface area (Å²) in [4.78, 5) is 0. The Balaban J connectivity index is 2.17. The third-order valence-corrected chi connectivity index (χ3v) is 8.00. The smallest absolute Gasteiger partial charge is 0.0419 e. The van der Waals surface area contributed by atoms with E-state index in [0.29, 0.717) is 0 Å². The molecule has 1 N–H and O–H groups in total. The minimum Gasteiger partial charge on any atom is -0.385 e. The van der Waals surface area contributed by atoms with Crippen molar-refractivity contribution in [2.75, 3.05) is 11.9 Å². The van der Waals surface area contributed by atoms with E-state index in [1.165, 1.54) is 36.3 Å². The summed E-state index contributed by atoms with van der Waals surface area (Å²) in [5, 5.41) is 3.66. The minimum absolute atomic E-state index is 0.510. The normalized spacial score (nSPS) is 19.4. The summed E-state index contributed by atoms with van der Waals surface area (Å²) in [6.07, 6.45) is 1.32. The van der Waals surface area contributed by atoms with Crippen LogP contribution in [0.4, 0.5) is 5.69 Å². The molecule has 0 saturated heterocycles. The molecule has 0 bridgehead atoms. The Bertz CT molecular complexity index is 358. The van der Waals surface area contributed by atoms with Crippen LogP contribution in [-0.4, -0.2) is 15.3 Å². The predicted octanol–water partition coefficient (Wildman–Crippen LogP) is 3.60. The maximum Gasteiger partial charge on any atom is 0.0419 e. The number of benzene rings is 1. The summed E-state index contributed by atoms with van der Waals surface area (Å²) in [7, 11) is -0.510. The molecular formula is C14H23NSi. The molecule has 0 aliphatic carbocycles. The van der Waals surface area contributed by atoms with Crippen LogP contribution in [0.3, 0.4) is 0 Å². The standard InChI is InChI=1S/C14H23NSi/c1-4-16(5-2)13-9-12-8-6-7-11(3)14(12)15-10-13/h6-8,13,15-16H,4-5,9-10H2,1-3H3/t13-/m1/s1. The monoisotopic (exact) mass is 233 g/mol. The van der Waals surface area contributed by atoms with E-state index in [1.807, 2.05) is 0 Å². The second-order valence-corrected chi connectivity index (χ2v) is 9.13. The predicted molar refractivity (Wildman–Crippen MR) is 75.2 cm³/mol. The second kappa shape index (κ2) is 5.04. The van der Waals surface area contributed by atoms with Crippen molar-refractivity contribution < 1.29 is 0 Å². The molecule has 1 atom stereocenters. The van der Waals surface area contributed by atoms with Crippen LogP contribution in [0.15, 0.2) is 18.2 Å². The lowest BCUT2D eigenvalue weighted by Crippen LogP contribution is -2.30. The molecule has 0 amide bonds. The number of nitrogens with one attached hydrogen (secondary N) is 1. The largest absolute Gasteiger partial charge is 0.385 e. The van der Waals surface area contributed by atoms with E-state index in [1.54, 1.807) is 5.56 Å². The highest BCUT2D eigenvalue weighted by Gasteiger charge is 2.25. The molecule has 1 heterocycles. The van der Waals surface area contributed by atoms with Gasteiger partial charge in [0.25, 0.3) is 0 Å². The van der Waals surface area contributed by atoms with E-state index in [-0.39, 0.29) is 0 Å². The number of aryl methyl sites for hydroxylation is 1. The van der Waals surface area contributed by atoms with E-state index >= 15 is 0 Å². The van der Waals surface area contributed by atoms with Gasteiger partial charge in [-0.15, -0.1) is 0 Å². The van der Waals surface area contributed by atoms with Gasteiger partial charge in [-0.3, -0.25) is 0 Å². The molecule has 1 aliphatic heterocycles. The Morgan fingerprint density at radius 2 is 2.06 bits per heavy atom. The molecular weight excluding hydrogens is 210 g/mol. The lowest BCUT2D eigenvalue weighted by molar-refractivity contribution is 0.794. The van der Waals surface area contributed by atoms with Gasteiger partial charge < -0.3 is 5.32 Å². The van der Waals surface area contributed by atoms with E-state index in [9.17, 15) is 0 Å². The summed E-state index contributed by atoms with van der Waals surface area (Å²) >= 11 is 0. The number of fused-ring (bicyclic) bond motifs is 1. The first-order valence-corrected chi connectivity index (χ1v) is 8.88. The van der Waals surface area contributed by atoms with Crippen LogP contribution in [0.2, 0.25) is 17.6 Å². The Labute approximate surface area is 101 Å². The van der Waals surface area contributed by atoms with Crippen LogP contribution in [-0.2, 0) is 6.42 Å². The van der Waals surface area contributed by atoms with Crippen LogP contribution in [0.25, 0.3) is 0 Å². The molecule has 0 radical (unpaired) electrons. The number of hydrogen-bond acceptors (Lipinski definition) is 1. The molecule has 2 rings (SSSR count). The third kappa shape index (κ3) is 2.17. The van der Waals surface area contributed by atoms with Crippen molar-refractivity contribution >= 4 is 14.5 Å². The lowest BCUT2D eigenvalue weighted by atomic mass is 10.00. The fourth-order valence-electron chi connectivity index (χ4n) is 3.03. The number of para-hydroxylation sites is 1. The number of anilines is 1. The van der Waals surface area contributed by atoms with Gasteiger partial charge in [0, 0.05) is 21.0 Å². The Morgan fingerprint density at radius 1 is 1.31 bits per heavy atom. The molecule has 1 aromatic carbocycles. The SMILES string of the molecule is CC[SiH](CC)[C@H]1CNc2c(C)cccc2C1. The van der Waals surface area contributed by atoms with Crippen LogP contribution in [0.5, 0.6) is 0 Å². The van der Waals surface area contributed by atoms with Crippen molar-refractivity contribution in [1.29, 1.82) is 0 Å². The molecule has 0 aromatic heterocycles. The van der Waals surface area contributed by atoms with Crippen molar-refractivity contribution in [3.8, 4) is 0 Å². The van der Waals surface area contributed by atoms with Crippen LogP contribution in [0, 0.1) is 6.92 Å². The van der Waals surface area contributed by atoms with E-state index < -0.39 is 8.80 Å². The topological polar surface area (TPSA) is 12.0 Å². The number of rotatable bonds is 3. The maximum atomic E-state index is 3.66. The van der Waals surface area contributed by atoms with E-state index in [0.717, 1.165) is 5.54 Å². The summed E-state index contributed by atoms with van der Waals surface area (Å²) in [6, 6.07) is 9.61. The van der Waals surface area contributed by atoms with E-state index in [4.69, 9.17) is 0 Å². The van der Waals surface area contributed by atoms with Gasteiger partial charge in [0.05, 0.1) is 0 Å². The number of hydrogen-bond donors (Lipinski definition) is 1. The molecule has 0 fully saturated rings. The molecule has 0 unspecified atom stereocenters. The highest BCUT2D eigenvalue weighted by molar-refractivity contribution is 6.60. The van der Waals surface area contributed by atoms with Crippen LogP contribution >= 0.6 is 0 Å². The van der Waals surface area contributed by atoms with Gasteiger partial charge in [0.2, 0.25) is 0 Å².